The Hall–Kier alpha value is 0.266. The van der Waals surface area contributed by atoms with E-state index in [0.29, 0.717) is 0 Å². The summed E-state index contributed by atoms with van der Waals surface area (Å²) in [7, 11) is 0. The predicted molar refractivity (Wildman–Crippen MR) is 65.3 cm³/mol. The van der Waals surface area contributed by atoms with E-state index in [1.165, 1.54) is 25.7 Å². The second-order valence-corrected chi connectivity index (χ2v) is 3.49. The van der Waals surface area contributed by atoms with Crippen LogP contribution >= 0.6 is 0 Å². The van der Waals surface area contributed by atoms with Crippen molar-refractivity contribution in [3.63, 3.8) is 0 Å². The van der Waals surface area contributed by atoms with E-state index in [2.05, 4.69) is 13.0 Å². The predicted octanol–water partition coefficient (Wildman–Crippen LogP) is 0.459. The van der Waals surface area contributed by atoms with Crippen molar-refractivity contribution < 1.29 is 21.7 Å². The molecule has 0 saturated heterocycles. The SMILES string of the molecule is CCCCCCCOc1[c-]cccc1.[Br-].[Mg+2]. The van der Waals surface area contributed by atoms with E-state index in [1.54, 1.807) is 0 Å². The molecule has 0 aliphatic heterocycles. The Bertz CT molecular complexity index is 229. The third kappa shape index (κ3) is 9.49. The molecule has 1 nitrogen and oxygen atoms in total. The van der Waals surface area contributed by atoms with Gasteiger partial charge in [0.15, 0.2) is 0 Å². The average molecular weight is 296 g/mol. The van der Waals surface area contributed by atoms with Crippen LogP contribution < -0.4 is 21.7 Å². The standard InChI is InChI=1S/C13H19O.BrH.Mg/c1-2-3-4-5-9-12-14-13-10-7-6-8-11-13;;/h6-8,10H,2-5,9,12H2,1H3;1H;/q-1;;+2/p-1. The van der Waals surface area contributed by atoms with Crippen LogP contribution in [0.3, 0.4) is 0 Å². The molecule has 0 bridgehead atoms. The van der Waals surface area contributed by atoms with Crippen LogP contribution in [0.15, 0.2) is 24.3 Å². The minimum atomic E-state index is 0. The third-order valence-electron chi connectivity index (χ3n) is 2.19. The Morgan fingerprint density at radius 3 is 2.50 bits per heavy atom. The van der Waals surface area contributed by atoms with E-state index in [4.69, 9.17) is 4.74 Å². The van der Waals surface area contributed by atoms with Crippen molar-refractivity contribution in [2.75, 3.05) is 6.61 Å². The number of para-hydroxylation sites is 1. The van der Waals surface area contributed by atoms with Crippen molar-refractivity contribution in [1.82, 2.24) is 0 Å². The van der Waals surface area contributed by atoms with Crippen LogP contribution in [0.25, 0.3) is 0 Å². The molecule has 0 radical (unpaired) electrons. The van der Waals surface area contributed by atoms with E-state index in [-0.39, 0.29) is 40.0 Å². The number of benzene rings is 1. The molecule has 0 aliphatic carbocycles. The topological polar surface area (TPSA) is 9.23 Å². The number of rotatable bonds is 7. The molecule has 86 valence electrons. The monoisotopic (exact) mass is 294 g/mol. The molecule has 1 aromatic rings. The molecule has 0 unspecified atom stereocenters. The van der Waals surface area contributed by atoms with Crippen LogP contribution in [0.4, 0.5) is 0 Å². The van der Waals surface area contributed by atoms with Crippen LogP contribution in [0.2, 0.25) is 0 Å². The second kappa shape index (κ2) is 13.3. The smallest absolute Gasteiger partial charge is 1.00 e. The summed E-state index contributed by atoms with van der Waals surface area (Å²) in [5.41, 5.74) is 0. The average Bonchev–Trinajstić information content (AvgIpc) is 2.25. The molecule has 3 heteroatoms. The van der Waals surface area contributed by atoms with Gasteiger partial charge in [0.2, 0.25) is 0 Å². The fourth-order valence-electron chi connectivity index (χ4n) is 1.35. The molecular weight excluding hydrogens is 276 g/mol. The molecule has 0 amide bonds. The van der Waals surface area contributed by atoms with Crippen LogP contribution in [0.1, 0.15) is 39.0 Å². The summed E-state index contributed by atoms with van der Waals surface area (Å²) in [6, 6.07) is 10.8. The molecule has 0 N–H and O–H groups in total. The van der Waals surface area contributed by atoms with E-state index < -0.39 is 0 Å². The summed E-state index contributed by atoms with van der Waals surface area (Å²) >= 11 is 0. The van der Waals surface area contributed by atoms with Gasteiger partial charge in [-0.15, -0.1) is 12.1 Å². The first kappa shape index (κ1) is 18.6. The minimum absolute atomic E-state index is 0. The van der Waals surface area contributed by atoms with Gasteiger partial charge in [0.05, 0.1) is 6.61 Å². The summed E-state index contributed by atoms with van der Waals surface area (Å²) in [5, 5.41) is 0. The van der Waals surface area contributed by atoms with Crippen LogP contribution in [0, 0.1) is 6.07 Å². The second-order valence-electron chi connectivity index (χ2n) is 3.49. The molecule has 0 saturated carbocycles. The first-order chi connectivity index (χ1) is 6.93. The normalized spacial score (nSPS) is 8.81. The fraction of sp³-hybridized carbons (Fsp3) is 0.538. The maximum Gasteiger partial charge on any atom is 2.00 e. The molecule has 0 spiro atoms. The summed E-state index contributed by atoms with van der Waals surface area (Å²) in [5.74, 6) is 0.864. The molecule has 0 heterocycles. The van der Waals surface area contributed by atoms with E-state index in [0.717, 1.165) is 18.8 Å². The van der Waals surface area contributed by atoms with Gasteiger partial charge < -0.3 is 21.7 Å². The van der Waals surface area contributed by atoms with Gasteiger partial charge in [-0.2, -0.15) is 18.2 Å². The molecule has 1 rings (SSSR count). The molecule has 0 atom stereocenters. The third-order valence-corrected chi connectivity index (χ3v) is 2.19. The van der Waals surface area contributed by atoms with Crippen LogP contribution in [-0.4, -0.2) is 29.7 Å². The van der Waals surface area contributed by atoms with Gasteiger partial charge in [-0.25, -0.2) is 0 Å². The van der Waals surface area contributed by atoms with Crippen molar-refractivity contribution in [2.24, 2.45) is 0 Å². The van der Waals surface area contributed by atoms with Crippen LogP contribution in [0.5, 0.6) is 5.75 Å². The van der Waals surface area contributed by atoms with Gasteiger partial charge in [0, 0.05) is 5.75 Å². The van der Waals surface area contributed by atoms with Crippen molar-refractivity contribution in [3.8, 4) is 5.75 Å². The Morgan fingerprint density at radius 2 is 1.88 bits per heavy atom. The zero-order valence-corrected chi connectivity index (χ0v) is 13.0. The Morgan fingerprint density at radius 1 is 1.12 bits per heavy atom. The Kier molecular flexibility index (Phi) is 15.5. The molecule has 0 fully saturated rings. The maximum atomic E-state index is 5.53. The number of unbranched alkanes of at least 4 members (excludes halogenated alkanes) is 4. The number of hydrogen-bond acceptors (Lipinski definition) is 1. The van der Waals surface area contributed by atoms with Gasteiger partial charge in [0.1, 0.15) is 0 Å². The molecule has 0 aliphatic rings. The summed E-state index contributed by atoms with van der Waals surface area (Å²) in [6.07, 6.45) is 6.41. The Labute approximate surface area is 126 Å². The fourth-order valence-corrected chi connectivity index (χ4v) is 1.35. The molecule has 1 aromatic carbocycles. The van der Waals surface area contributed by atoms with Gasteiger partial charge >= 0.3 is 23.1 Å². The van der Waals surface area contributed by atoms with E-state index in [1.807, 2.05) is 24.3 Å². The first-order valence-corrected chi connectivity index (χ1v) is 5.53. The zero-order chi connectivity index (χ0) is 10.1. The van der Waals surface area contributed by atoms with Crippen molar-refractivity contribution in [1.29, 1.82) is 0 Å². The van der Waals surface area contributed by atoms with Gasteiger partial charge in [-0.05, 0) is 6.42 Å². The number of ether oxygens (including phenoxy) is 1. The summed E-state index contributed by atoms with van der Waals surface area (Å²) in [6.45, 7) is 3.06. The minimum Gasteiger partial charge on any atom is -1.00 e. The summed E-state index contributed by atoms with van der Waals surface area (Å²) < 4.78 is 5.53. The Balaban J connectivity index is 0. The zero-order valence-electron chi connectivity index (χ0n) is 10.0. The first-order valence-electron chi connectivity index (χ1n) is 5.53. The van der Waals surface area contributed by atoms with Crippen molar-refractivity contribution >= 4 is 23.1 Å². The number of halogens is 1. The van der Waals surface area contributed by atoms with E-state index in [9.17, 15) is 0 Å². The van der Waals surface area contributed by atoms with Gasteiger partial charge in [-0.1, -0.05) is 32.6 Å². The van der Waals surface area contributed by atoms with Crippen molar-refractivity contribution in [2.45, 2.75) is 39.0 Å². The van der Waals surface area contributed by atoms with Crippen molar-refractivity contribution in [3.05, 3.63) is 30.3 Å². The largest absolute Gasteiger partial charge is 2.00 e. The van der Waals surface area contributed by atoms with Gasteiger partial charge in [0.25, 0.3) is 0 Å². The number of hydrogen-bond donors (Lipinski definition) is 0. The molecule has 0 aromatic heterocycles. The van der Waals surface area contributed by atoms with E-state index >= 15 is 0 Å². The molecule has 16 heavy (non-hydrogen) atoms. The van der Waals surface area contributed by atoms with Gasteiger partial charge in [-0.3, -0.25) is 0 Å². The van der Waals surface area contributed by atoms with Crippen LogP contribution in [-0.2, 0) is 0 Å². The summed E-state index contributed by atoms with van der Waals surface area (Å²) in [4.78, 5) is 0. The molecular formula is C13H19BrMgO. The maximum absolute atomic E-state index is 5.53. The quantitative estimate of drug-likeness (QED) is 0.403.